The molecule has 8 nitrogen and oxygen atoms in total. The van der Waals surface area contributed by atoms with Gasteiger partial charge in [-0.25, -0.2) is 9.59 Å². The van der Waals surface area contributed by atoms with Crippen LogP contribution in [-0.2, 0) is 4.74 Å². The van der Waals surface area contributed by atoms with Gasteiger partial charge in [-0.3, -0.25) is 4.79 Å². The van der Waals surface area contributed by atoms with Crippen LogP contribution in [0.15, 0.2) is 42.5 Å². The maximum absolute atomic E-state index is 12.3. The molecule has 0 saturated carbocycles. The fourth-order valence-electron chi connectivity index (χ4n) is 2.19. The second-order valence-electron chi connectivity index (χ2n) is 5.14. The fraction of sp³-hybridized carbons (Fsp3) is 0.167. The molecule has 0 atom stereocenters. The summed E-state index contributed by atoms with van der Waals surface area (Å²) in [6.45, 7) is -0.463. The van der Waals surface area contributed by atoms with Crippen molar-refractivity contribution in [3.8, 4) is 11.5 Å². The van der Waals surface area contributed by atoms with E-state index >= 15 is 0 Å². The Hall–Kier alpha value is -3.55. The van der Waals surface area contributed by atoms with Crippen LogP contribution in [0.4, 0.5) is 10.5 Å². The highest BCUT2D eigenvalue weighted by molar-refractivity contribution is 6.01. The molecule has 0 aliphatic carbocycles. The Morgan fingerprint density at radius 2 is 1.81 bits per heavy atom. The first kappa shape index (κ1) is 18.8. The second kappa shape index (κ2) is 8.52. The van der Waals surface area contributed by atoms with Crippen molar-refractivity contribution in [2.75, 3.05) is 26.1 Å². The van der Waals surface area contributed by atoms with E-state index in [0.29, 0.717) is 17.2 Å². The summed E-state index contributed by atoms with van der Waals surface area (Å²) in [6, 6.07) is 9.96. The SMILES string of the molecule is COc1ccc(C(=O)COC(=O)c2cccc(NC(N)=O)c2)c(OC)c1. The van der Waals surface area contributed by atoms with Crippen LogP contribution in [0.25, 0.3) is 0 Å². The predicted molar refractivity (Wildman–Crippen MR) is 93.8 cm³/mol. The number of urea groups is 1. The lowest BCUT2D eigenvalue weighted by Crippen LogP contribution is -2.19. The average Bonchev–Trinajstić information content (AvgIpc) is 2.64. The summed E-state index contributed by atoms with van der Waals surface area (Å²) in [5.74, 6) is -0.282. The van der Waals surface area contributed by atoms with Gasteiger partial charge in [0.05, 0.1) is 25.3 Å². The summed E-state index contributed by atoms with van der Waals surface area (Å²) in [4.78, 5) is 35.3. The smallest absolute Gasteiger partial charge is 0.338 e. The lowest BCUT2D eigenvalue weighted by Gasteiger charge is -2.10. The molecule has 0 aliphatic rings. The third kappa shape index (κ3) is 4.73. The number of carbonyl (C=O) groups is 3. The number of Topliss-reactive ketones (excluding diaryl/α,β-unsaturated/α-hetero) is 1. The van der Waals surface area contributed by atoms with Gasteiger partial charge >= 0.3 is 12.0 Å². The van der Waals surface area contributed by atoms with Crippen molar-refractivity contribution >= 4 is 23.5 Å². The van der Waals surface area contributed by atoms with Crippen molar-refractivity contribution in [2.45, 2.75) is 0 Å². The molecule has 0 spiro atoms. The Morgan fingerprint density at radius 3 is 2.46 bits per heavy atom. The van der Waals surface area contributed by atoms with Gasteiger partial charge in [-0.15, -0.1) is 0 Å². The van der Waals surface area contributed by atoms with Gasteiger partial charge in [-0.05, 0) is 30.3 Å². The first-order valence-corrected chi connectivity index (χ1v) is 7.53. The minimum atomic E-state index is -0.753. The number of ketones is 1. The van der Waals surface area contributed by atoms with E-state index in [9.17, 15) is 14.4 Å². The minimum absolute atomic E-state index is 0.172. The highest BCUT2D eigenvalue weighted by Crippen LogP contribution is 2.25. The Morgan fingerprint density at radius 1 is 1.04 bits per heavy atom. The standard InChI is InChI=1S/C18H18N2O6/c1-24-13-6-7-14(16(9-13)25-2)15(21)10-26-17(22)11-4-3-5-12(8-11)20-18(19)23/h3-9H,10H2,1-2H3,(H3,19,20,23). The highest BCUT2D eigenvalue weighted by Gasteiger charge is 2.16. The number of esters is 1. The molecule has 0 heterocycles. The molecular formula is C18H18N2O6. The number of primary amides is 1. The highest BCUT2D eigenvalue weighted by atomic mass is 16.5. The molecular weight excluding hydrogens is 340 g/mol. The molecule has 26 heavy (non-hydrogen) atoms. The molecule has 0 saturated heterocycles. The molecule has 0 aromatic heterocycles. The van der Waals surface area contributed by atoms with Crippen molar-refractivity contribution in [1.82, 2.24) is 0 Å². The first-order chi connectivity index (χ1) is 12.4. The molecule has 2 aromatic carbocycles. The van der Waals surface area contributed by atoms with Crippen molar-refractivity contribution in [1.29, 1.82) is 0 Å². The number of hydrogen-bond donors (Lipinski definition) is 2. The van der Waals surface area contributed by atoms with Crippen molar-refractivity contribution in [3.63, 3.8) is 0 Å². The zero-order valence-corrected chi connectivity index (χ0v) is 14.3. The molecule has 3 N–H and O–H groups in total. The lowest BCUT2D eigenvalue weighted by atomic mass is 10.1. The van der Waals surface area contributed by atoms with Gasteiger partial charge in [0.1, 0.15) is 11.5 Å². The summed E-state index contributed by atoms with van der Waals surface area (Å²) in [7, 11) is 2.92. The molecule has 0 fully saturated rings. The summed E-state index contributed by atoms with van der Waals surface area (Å²) < 4.78 is 15.3. The average molecular weight is 358 g/mol. The number of carbonyl (C=O) groups excluding carboxylic acids is 3. The summed E-state index contributed by atoms with van der Waals surface area (Å²) >= 11 is 0. The number of anilines is 1. The number of nitrogens with one attached hydrogen (secondary N) is 1. The maximum atomic E-state index is 12.3. The number of methoxy groups -OCH3 is 2. The molecule has 0 bridgehead atoms. The van der Waals surface area contributed by atoms with E-state index in [-0.39, 0.29) is 11.1 Å². The third-order valence-electron chi connectivity index (χ3n) is 3.41. The molecule has 0 aliphatic heterocycles. The van der Waals surface area contributed by atoms with Gasteiger partial charge < -0.3 is 25.3 Å². The molecule has 2 aromatic rings. The number of ether oxygens (including phenoxy) is 3. The number of nitrogens with two attached hydrogens (primary N) is 1. The molecule has 0 radical (unpaired) electrons. The molecule has 136 valence electrons. The Balaban J connectivity index is 2.05. The Kier molecular flexibility index (Phi) is 6.15. The monoisotopic (exact) mass is 358 g/mol. The fourth-order valence-corrected chi connectivity index (χ4v) is 2.19. The molecule has 8 heteroatoms. The van der Waals surface area contributed by atoms with Gasteiger partial charge in [0, 0.05) is 11.8 Å². The van der Waals surface area contributed by atoms with E-state index in [4.69, 9.17) is 19.9 Å². The van der Waals surface area contributed by atoms with Crippen LogP contribution in [0, 0.1) is 0 Å². The van der Waals surface area contributed by atoms with Gasteiger partial charge in [-0.1, -0.05) is 6.07 Å². The Bertz CT molecular complexity index is 834. The van der Waals surface area contributed by atoms with Crippen LogP contribution in [0.3, 0.4) is 0 Å². The largest absolute Gasteiger partial charge is 0.497 e. The quantitative estimate of drug-likeness (QED) is 0.579. The van der Waals surface area contributed by atoms with Gasteiger partial charge in [-0.2, -0.15) is 0 Å². The van der Waals surface area contributed by atoms with Crippen LogP contribution >= 0.6 is 0 Å². The minimum Gasteiger partial charge on any atom is -0.497 e. The summed E-state index contributed by atoms with van der Waals surface area (Å²) in [6.07, 6.45) is 0. The van der Waals surface area contributed by atoms with E-state index in [1.807, 2.05) is 0 Å². The van der Waals surface area contributed by atoms with Gasteiger partial charge in [0.25, 0.3) is 0 Å². The van der Waals surface area contributed by atoms with Crippen LogP contribution in [-0.4, -0.2) is 38.6 Å². The lowest BCUT2D eigenvalue weighted by molar-refractivity contribution is 0.0474. The normalized spacial score (nSPS) is 9.92. The Labute approximate surface area is 149 Å². The van der Waals surface area contributed by atoms with Crippen LogP contribution in [0.1, 0.15) is 20.7 Å². The topological polar surface area (TPSA) is 117 Å². The van der Waals surface area contributed by atoms with E-state index in [1.54, 1.807) is 24.3 Å². The van der Waals surface area contributed by atoms with Crippen LogP contribution < -0.4 is 20.5 Å². The summed E-state index contributed by atoms with van der Waals surface area (Å²) in [5.41, 5.74) is 5.81. The molecule has 2 rings (SSSR count). The predicted octanol–water partition coefficient (Wildman–Crippen LogP) is 2.23. The molecule has 0 unspecified atom stereocenters. The number of benzene rings is 2. The number of amides is 2. The van der Waals surface area contributed by atoms with Crippen molar-refractivity contribution < 1.29 is 28.6 Å². The van der Waals surface area contributed by atoms with Crippen LogP contribution in [0.2, 0.25) is 0 Å². The zero-order chi connectivity index (χ0) is 19.1. The maximum Gasteiger partial charge on any atom is 0.338 e. The van der Waals surface area contributed by atoms with E-state index in [0.717, 1.165) is 0 Å². The summed E-state index contributed by atoms with van der Waals surface area (Å²) in [5, 5.41) is 2.35. The molecule has 2 amide bonds. The van der Waals surface area contributed by atoms with E-state index < -0.39 is 24.4 Å². The number of hydrogen-bond acceptors (Lipinski definition) is 6. The first-order valence-electron chi connectivity index (χ1n) is 7.53. The zero-order valence-electron chi connectivity index (χ0n) is 14.3. The van der Waals surface area contributed by atoms with Crippen molar-refractivity contribution in [2.24, 2.45) is 5.73 Å². The van der Waals surface area contributed by atoms with Gasteiger partial charge in [0.15, 0.2) is 6.61 Å². The van der Waals surface area contributed by atoms with Crippen LogP contribution in [0.5, 0.6) is 11.5 Å². The second-order valence-corrected chi connectivity index (χ2v) is 5.14. The third-order valence-corrected chi connectivity index (χ3v) is 3.41. The van der Waals surface area contributed by atoms with E-state index in [1.165, 1.54) is 32.4 Å². The van der Waals surface area contributed by atoms with Crippen molar-refractivity contribution in [3.05, 3.63) is 53.6 Å². The number of rotatable bonds is 7. The van der Waals surface area contributed by atoms with E-state index in [2.05, 4.69) is 5.32 Å². The van der Waals surface area contributed by atoms with Gasteiger partial charge in [0.2, 0.25) is 5.78 Å².